The van der Waals surface area contributed by atoms with E-state index >= 15 is 0 Å². The van der Waals surface area contributed by atoms with E-state index in [-0.39, 0.29) is 11.5 Å². The molecule has 0 heterocycles. The van der Waals surface area contributed by atoms with E-state index in [0.717, 1.165) is 0 Å². The minimum absolute atomic E-state index is 0.139. The summed E-state index contributed by atoms with van der Waals surface area (Å²) in [4.78, 5) is 0. The van der Waals surface area contributed by atoms with Gasteiger partial charge < -0.3 is 11.5 Å². The van der Waals surface area contributed by atoms with E-state index in [1.165, 1.54) is 0 Å². The largest absolute Gasteiger partial charge is 0.329 e. The first-order valence-electron chi connectivity index (χ1n) is 3.85. The first-order valence-corrected chi connectivity index (χ1v) is 3.85. The van der Waals surface area contributed by atoms with Gasteiger partial charge in [-0.1, -0.05) is 27.7 Å². The van der Waals surface area contributed by atoms with Gasteiger partial charge in [0.15, 0.2) is 0 Å². The Hall–Kier alpha value is -0.0800. The van der Waals surface area contributed by atoms with Crippen LogP contribution in [-0.2, 0) is 0 Å². The maximum absolute atomic E-state index is 5.78. The Bertz CT molecular complexity index is 93.9. The third-order valence-corrected chi connectivity index (χ3v) is 2.28. The van der Waals surface area contributed by atoms with Gasteiger partial charge in [-0.15, -0.1) is 0 Å². The number of nitrogens with two attached hydrogens (primary N) is 2. The third-order valence-electron chi connectivity index (χ3n) is 2.28. The van der Waals surface area contributed by atoms with Crippen LogP contribution in [0.25, 0.3) is 0 Å². The highest BCUT2D eigenvalue weighted by Gasteiger charge is 2.24. The molecule has 0 amide bonds. The van der Waals surface area contributed by atoms with Crippen molar-refractivity contribution in [2.45, 2.75) is 33.7 Å². The first kappa shape index (κ1) is 9.92. The Morgan fingerprint density at radius 1 is 1.30 bits per heavy atom. The van der Waals surface area contributed by atoms with Gasteiger partial charge in [0.1, 0.15) is 0 Å². The molecule has 0 radical (unpaired) electrons. The summed E-state index contributed by atoms with van der Waals surface area (Å²) in [5.41, 5.74) is 11.5. The summed E-state index contributed by atoms with van der Waals surface area (Å²) in [7, 11) is 0. The Kier molecular flexibility index (Phi) is 3.33. The third kappa shape index (κ3) is 2.67. The standard InChI is InChI=1S/C8H20N2/c1-6(7(10)5-9)8(2,3)4/h6-7H,5,9-10H2,1-4H3. The van der Waals surface area contributed by atoms with E-state index in [4.69, 9.17) is 11.5 Å². The van der Waals surface area contributed by atoms with Crippen molar-refractivity contribution in [3.8, 4) is 0 Å². The van der Waals surface area contributed by atoms with Gasteiger partial charge in [0.05, 0.1) is 0 Å². The van der Waals surface area contributed by atoms with Crippen LogP contribution in [-0.4, -0.2) is 12.6 Å². The van der Waals surface area contributed by atoms with Crippen LogP contribution in [0.5, 0.6) is 0 Å². The molecule has 2 heteroatoms. The molecule has 0 rings (SSSR count). The van der Waals surface area contributed by atoms with E-state index in [9.17, 15) is 0 Å². The molecule has 0 fully saturated rings. The lowest BCUT2D eigenvalue weighted by Crippen LogP contribution is -2.41. The van der Waals surface area contributed by atoms with Crippen LogP contribution in [0.4, 0.5) is 0 Å². The normalized spacial score (nSPS) is 18.6. The molecule has 0 aliphatic heterocycles. The zero-order valence-electron chi connectivity index (χ0n) is 7.52. The van der Waals surface area contributed by atoms with Crippen molar-refractivity contribution in [3.05, 3.63) is 0 Å². The summed E-state index contributed by atoms with van der Waals surface area (Å²) in [5, 5.41) is 0. The zero-order valence-corrected chi connectivity index (χ0v) is 7.52. The van der Waals surface area contributed by atoms with Gasteiger partial charge in [-0.25, -0.2) is 0 Å². The lowest BCUT2D eigenvalue weighted by molar-refractivity contribution is 0.224. The minimum Gasteiger partial charge on any atom is -0.329 e. The van der Waals surface area contributed by atoms with Gasteiger partial charge in [-0.3, -0.25) is 0 Å². The molecule has 0 bridgehead atoms. The molecular weight excluding hydrogens is 124 g/mol. The second-order valence-electron chi connectivity index (χ2n) is 4.05. The molecule has 0 aliphatic rings. The molecule has 2 unspecified atom stereocenters. The fraction of sp³-hybridized carbons (Fsp3) is 1.00. The molecule has 10 heavy (non-hydrogen) atoms. The summed E-state index contributed by atoms with van der Waals surface area (Å²) >= 11 is 0. The molecular formula is C8H20N2. The Labute approximate surface area is 64.0 Å². The highest BCUT2D eigenvalue weighted by molar-refractivity contribution is 4.79. The van der Waals surface area contributed by atoms with E-state index in [2.05, 4.69) is 27.7 Å². The minimum atomic E-state index is 0.139. The number of hydrogen-bond acceptors (Lipinski definition) is 2. The molecule has 4 N–H and O–H groups in total. The maximum atomic E-state index is 5.78. The highest BCUT2D eigenvalue weighted by Crippen LogP contribution is 2.26. The van der Waals surface area contributed by atoms with Crippen LogP contribution >= 0.6 is 0 Å². The molecule has 2 nitrogen and oxygen atoms in total. The number of rotatable bonds is 2. The summed E-state index contributed by atoms with van der Waals surface area (Å²) in [6.45, 7) is 9.30. The van der Waals surface area contributed by atoms with Gasteiger partial charge in [0.25, 0.3) is 0 Å². The van der Waals surface area contributed by atoms with Gasteiger partial charge >= 0.3 is 0 Å². The van der Waals surface area contributed by atoms with E-state index in [0.29, 0.717) is 12.5 Å². The van der Waals surface area contributed by atoms with Crippen molar-refractivity contribution >= 4 is 0 Å². The van der Waals surface area contributed by atoms with Gasteiger partial charge in [0, 0.05) is 12.6 Å². The molecule has 0 saturated carbocycles. The van der Waals surface area contributed by atoms with Crippen molar-refractivity contribution < 1.29 is 0 Å². The number of hydrogen-bond donors (Lipinski definition) is 2. The van der Waals surface area contributed by atoms with Crippen LogP contribution in [0.3, 0.4) is 0 Å². The molecule has 2 atom stereocenters. The predicted molar refractivity (Wildman–Crippen MR) is 45.6 cm³/mol. The van der Waals surface area contributed by atoms with Crippen molar-refractivity contribution in [3.63, 3.8) is 0 Å². The first-order chi connectivity index (χ1) is 4.39. The molecule has 0 aromatic carbocycles. The van der Waals surface area contributed by atoms with Crippen LogP contribution in [0.15, 0.2) is 0 Å². The lowest BCUT2D eigenvalue weighted by Gasteiger charge is -2.31. The molecule has 0 aliphatic carbocycles. The summed E-state index contributed by atoms with van der Waals surface area (Å²) in [6, 6.07) is 0.139. The van der Waals surface area contributed by atoms with Crippen LogP contribution in [0.2, 0.25) is 0 Å². The Morgan fingerprint density at radius 3 is 1.80 bits per heavy atom. The predicted octanol–water partition coefficient (Wildman–Crippen LogP) is 0.955. The highest BCUT2D eigenvalue weighted by atomic mass is 14.7. The van der Waals surface area contributed by atoms with E-state index in [1.807, 2.05) is 0 Å². The Morgan fingerprint density at radius 2 is 1.70 bits per heavy atom. The monoisotopic (exact) mass is 144 g/mol. The fourth-order valence-corrected chi connectivity index (χ4v) is 0.846. The van der Waals surface area contributed by atoms with Gasteiger partial charge in [-0.05, 0) is 11.3 Å². The smallest absolute Gasteiger partial charge is 0.0194 e. The molecule has 0 aromatic rings. The summed E-state index contributed by atoms with van der Waals surface area (Å²) < 4.78 is 0. The average molecular weight is 144 g/mol. The van der Waals surface area contributed by atoms with Gasteiger partial charge in [0.2, 0.25) is 0 Å². The van der Waals surface area contributed by atoms with Crippen molar-refractivity contribution in [1.29, 1.82) is 0 Å². The maximum Gasteiger partial charge on any atom is 0.0194 e. The quantitative estimate of drug-likeness (QED) is 0.606. The van der Waals surface area contributed by atoms with Crippen molar-refractivity contribution in [2.75, 3.05) is 6.54 Å². The Balaban J connectivity index is 3.94. The van der Waals surface area contributed by atoms with Crippen LogP contribution in [0, 0.1) is 11.3 Å². The zero-order chi connectivity index (χ0) is 8.36. The second-order valence-corrected chi connectivity index (χ2v) is 4.05. The van der Waals surface area contributed by atoms with E-state index in [1.54, 1.807) is 0 Å². The second kappa shape index (κ2) is 3.35. The fourth-order valence-electron chi connectivity index (χ4n) is 0.846. The lowest BCUT2D eigenvalue weighted by atomic mass is 9.78. The molecule has 62 valence electrons. The van der Waals surface area contributed by atoms with Gasteiger partial charge in [-0.2, -0.15) is 0 Å². The summed E-state index contributed by atoms with van der Waals surface area (Å²) in [6.07, 6.45) is 0. The molecule has 0 spiro atoms. The van der Waals surface area contributed by atoms with Crippen LogP contribution in [0.1, 0.15) is 27.7 Å². The van der Waals surface area contributed by atoms with Crippen molar-refractivity contribution in [2.24, 2.45) is 22.8 Å². The summed E-state index contributed by atoms with van der Waals surface area (Å²) in [5.74, 6) is 0.484. The average Bonchev–Trinajstić information content (AvgIpc) is 1.83. The van der Waals surface area contributed by atoms with Crippen molar-refractivity contribution in [1.82, 2.24) is 0 Å². The van der Waals surface area contributed by atoms with Crippen LogP contribution < -0.4 is 11.5 Å². The van der Waals surface area contributed by atoms with E-state index < -0.39 is 0 Å². The topological polar surface area (TPSA) is 52.0 Å². The molecule has 0 aromatic heterocycles. The molecule has 0 saturated heterocycles. The SMILES string of the molecule is CC(C(N)CN)C(C)(C)C.